The van der Waals surface area contributed by atoms with Crippen LogP contribution in [-0.2, 0) is 0 Å². The van der Waals surface area contributed by atoms with E-state index in [1.165, 1.54) is 5.56 Å². The highest BCUT2D eigenvalue weighted by Gasteiger charge is 2.26. The predicted molar refractivity (Wildman–Crippen MR) is 81.2 cm³/mol. The van der Waals surface area contributed by atoms with E-state index in [4.69, 9.17) is 4.74 Å². The molecular formula is C14H20Br2O. The second-order valence-corrected chi connectivity index (χ2v) is 5.98. The van der Waals surface area contributed by atoms with Crippen LogP contribution in [-0.4, -0.2) is 11.9 Å². The van der Waals surface area contributed by atoms with Crippen LogP contribution in [0.15, 0.2) is 22.7 Å². The molecule has 0 unspecified atom stereocenters. The van der Waals surface area contributed by atoms with Gasteiger partial charge in [-0.1, -0.05) is 35.8 Å². The second-order valence-electron chi connectivity index (χ2n) is 4.56. The van der Waals surface area contributed by atoms with Crippen LogP contribution in [0.4, 0.5) is 0 Å². The summed E-state index contributed by atoms with van der Waals surface area (Å²) in [6.45, 7) is 7.28. The summed E-state index contributed by atoms with van der Waals surface area (Å²) in [7, 11) is 0. The molecule has 0 radical (unpaired) electrons. The lowest BCUT2D eigenvalue weighted by atomic mass is 9.86. The predicted octanol–water partition coefficient (Wildman–Crippen LogP) is 5.34. The Morgan fingerprint density at radius 3 is 2.35 bits per heavy atom. The van der Waals surface area contributed by atoms with Crippen molar-refractivity contribution in [3.63, 3.8) is 0 Å². The van der Waals surface area contributed by atoms with Gasteiger partial charge in [-0.15, -0.1) is 0 Å². The molecule has 0 aliphatic carbocycles. The maximum Gasteiger partial charge on any atom is 0.133 e. The topological polar surface area (TPSA) is 9.23 Å². The largest absolute Gasteiger partial charge is 0.492 e. The fourth-order valence-corrected chi connectivity index (χ4v) is 3.20. The van der Waals surface area contributed by atoms with Gasteiger partial charge < -0.3 is 4.74 Å². The molecule has 0 heterocycles. The zero-order valence-electron chi connectivity index (χ0n) is 10.7. The zero-order valence-corrected chi connectivity index (χ0v) is 13.9. The van der Waals surface area contributed by atoms with Crippen LogP contribution in [0.5, 0.6) is 5.75 Å². The van der Waals surface area contributed by atoms with Gasteiger partial charge in [-0.2, -0.15) is 0 Å². The molecule has 0 saturated heterocycles. The van der Waals surface area contributed by atoms with Gasteiger partial charge in [0.2, 0.25) is 0 Å². The molecule has 0 amide bonds. The van der Waals surface area contributed by atoms with Crippen LogP contribution in [0, 0.1) is 12.3 Å². The van der Waals surface area contributed by atoms with Crippen molar-refractivity contribution in [3.8, 4) is 5.75 Å². The molecule has 0 bridgehead atoms. The number of alkyl halides is 1. The average molecular weight is 364 g/mol. The van der Waals surface area contributed by atoms with E-state index in [0.29, 0.717) is 0 Å². The van der Waals surface area contributed by atoms with Gasteiger partial charge in [-0.25, -0.2) is 0 Å². The van der Waals surface area contributed by atoms with Crippen molar-refractivity contribution in [2.45, 2.75) is 33.6 Å². The highest BCUT2D eigenvalue weighted by molar-refractivity contribution is 9.10. The van der Waals surface area contributed by atoms with Crippen molar-refractivity contribution in [1.82, 2.24) is 0 Å². The van der Waals surface area contributed by atoms with Crippen molar-refractivity contribution >= 4 is 31.9 Å². The van der Waals surface area contributed by atoms with E-state index >= 15 is 0 Å². The Balaban J connectivity index is 2.72. The molecule has 1 nitrogen and oxygen atoms in total. The Bertz CT molecular complexity index is 351. The minimum atomic E-state index is 0.240. The Morgan fingerprint density at radius 2 is 1.88 bits per heavy atom. The number of aryl methyl sites for hydroxylation is 1. The lowest BCUT2D eigenvalue weighted by molar-refractivity contribution is 0.157. The SMILES string of the molecule is CCC(CC)(CBr)COc1ccc(C)cc1Br. The third-order valence-corrected chi connectivity index (χ3v) is 5.21. The van der Waals surface area contributed by atoms with Crippen molar-refractivity contribution in [2.75, 3.05) is 11.9 Å². The van der Waals surface area contributed by atoms with Gasteiger partial charge in [-0.3, -0.25) is 0 Å². The quantitative estimate of drug-likeness (QED) is 0.620. The van der Waals surface area contributed by atoms with Crippen LogP contribution in [0.1, 0.15) is 32.3 Å². The van der Waals surface area contributed by atoms with Crippen LogP contribution >= 0.6 is 31.9 Å². The van der Waals surface area contributed by atoms with Gasteiger partial charge in [0.15, 0.2) is 0 Å². The van der Waals surface area contributed by atoms with Gasteiger partial charge in [0.1, 0.15) is 5.75 Å². The Morgan fingerprint density at radius 1 is 1.24 bits per heavy atom. The zero-order chi connectivity index (χ0) is 12.9. The minimum Gasteiger partial charge on any atom is -0.492 e. The molecule has 1 aromatic rings. The second kappa shape index (κ2) is 6.79. The maximum absolute atomic E-state index is 5.95. The molecule has 3 heteroatoms. The van der Waals surface area contributed by atoms with Crippen LogP contribution in [0.25, 0.3) is 0 Å². The van der Waals surface area contributed by atoms with Gasteiger partial charge in [-0.05, 0) is 53.4 Å². The molecule has 1 aromatic carbocycles. The van der Waals surface area contributed by atoms with E-state index in [9.17, 15) is 0 Å². The lowest BCUT2D eigenvalue weighted by Crippen LogP contribution is -2.29. The van der Waals surface area contributed by atoms with Gasteiger partial charge >= 0.3 is 0 Å². The number of benzene rings is 1. The number of hydrogen-bond donors (Lipinski definition) is 0. The Labute approximate surface area is 121 Å². The van der Waals surface area contributed by atoms with Gasteiger partial charge in [0.25, 0.3) is 0 Å². The summed E-state index contributed by atoms with van der Waals surface area (Å²) in [6.07, 6.45) is 2.25. The standard InChI is InChI=1S/C14H20Br2O/c1-4-14(5-2,9-15)10-17-13-7-6-11(3)8-12(13)16/h6-8H,4-5,9-10H2,1-3H3. The molecule has 0 atom stereocenters. The van der Waals surface area contributed by atoms with Gasteiger partial charge in [0.05, 0.1) is 11.1 Å². The number of hydrogen-bond acceptors (Lipinski definition) is 1. The maximum atomic E-state index is 5.95. The first kappa shape index (κ1) is 15.0. The number of ether oxygens (including phenoxy) is 1. The highest BCUT2D eigenvalue weighted by atomic mass is 79.9. The van der Waals surface area contributed by atoms with Crippen molar-refractivity contribution in [2.24, 2.45) is 5.41 Å². The van der Waals surface area contributed by atoms with Crippen molar-refractivity contribution < 1.29 is 4.74 Å². The van der Waals surface area contributed by atoms with E-state index in [1.54, 1.807) is 0 Å². The van der Waals surface area contributed by atoms with Gasteiger partial charge in [0, 0.05) is 10.7 Å². The Hall–Kier alpha value is -0.0200. The average Bonchev–Trinajstić information content (AvgIpc) is 2.33. The van der Waals surface area contributed by atoms with Crippen LogP contribution < -0.4 is 4.74 Å². The van der Waals surface area contributed by atoms with Crippen LogP contribution in [0.3, 0.4) is 0 Å². The number of halogens is 2. The molecule has 17 heavy (non-hydrogen) atoms. The molecule has 0 N–H and O–H groups in total. The monoisotopic (exact) mass is 362 g/mol. The minimum absolute atomic E-state index is 0.240. The highest BCUT2D eigenvalue weighted by Crippen LogP contribution is 2.32. The fourth-order valence-electron chi connectivity index (χ4n) is 1.64. The molecule has 0 fully saturated rings. The first-order valence-electron chi connectivity index (χ1n) is 6.02. The molecule has 0 spiro atoms. The van der Waals surface area contributed by atoms with E-state index in [-0.39, 0.29) is 5.41 Å². The van der Waals surface area contributed by atoms with Crippen LogP contribution in [0.2, 0.25) is 0 Å². The summed E-state index contributed by atoms with van der Waals surface area (Å²) in [5, 5.41) is 0.983. The first-order valence-corrected chi connectivity index (χ1v) is 7.93. The fraction of sp³-hybridized carbons (Fsp3) is 0.571. The molecule has 96 valence electrons. The van der Waals surface area contributed by atoms with Crippen molar-refractivity contribution in [3.05, 3.63) is 28.2 Å². The summed E-state index contributed by atoms with van der Waals surface area (Å²) in [4.78, 5) is 0. The van der Waals surface area contributed by atoms with E-state index in [2.05, 4.69) is 64.8 Å². The molecule has 0 aliphatic rings. The molecule has 0 saturated carbocycles. The molecule has 0 aromatic heterocycles. The molecule has 0 aliphatic heterocycles. The molecular weight excluding hydrogens is 344 g/mol. The molecule has 1 rings (SSSR count). The van der Waals surface area contributed by atoms with Crippen molar-refractivity contribution in [1.29, 1.82) is 0 Å². The third kappa shape index (κ3) is 3.99. The lowest BCUT2D eigenvalue weighted by Gasteiger charge is -2.29. The Kier molecular flexibility index (Phi) is 6.01. The summed E-state index contributed by atoms with van der Waals surface area (Å²) in [6, 6.07) is 6.20. The summed E-state index contributed by atoms with van der Waals surface area (Å²) in [5.41, 5.74) is 1.48. The summed E-state index contributed by atoms with van der Waals surface area (Å²) in [5.74, 6) is 0.933. The van der Waals surface area contributed by atoms with E-state index in [1.807, 2.05) is 6.07 Å². The van der Waals surface area contributed by atoms with E-state index in [0.717, 1.165) is 35.0 Å². The summed E-state index contributed by atoms with van der Waals surface area (Å²) >= 11 is 7.15. The summed E-state index contributed by atoms with van der Waals surface area (Å²) < 4.78 is 6.99. The first-order chi connectivity index (χ1) is 8.06. The third-order valence-electron chi connectivity index (χ3n) is 3.40. The normalized spacial score (nSPS) is 11.6. The smallest absolute Gasteiger partial charge is 0.133 e. The van der Waals surface area contributed by atoms with E-state index < -0.39 is 0 Å². The number of rotatable bonds is 6.